The van der Waals surface area contributed by atoms with E-state index >= 15 is 0 Å². The maximum Gasteiger partial charge on any atom is 0.246 e. The Kier molecular flexibility index (Phi) is 3.60. The molecule has 1 fully saturated rings. The van der Waals surface area contributed by atoms with Crippen LogP contribution in [0.4, 0.5) is 0 Å². The highest BCUT2D eigenvalue weighted by molar-refractivity contribution is 5.92. The molecule has 0 atom stereocenters. The van der Waals surface area contributed by atoms with E-state index in [0.717, 1.165) is 42.1 Å². The molecule has 1 aliphatic rings. The molecule has 4 heteroatoms. The Morgan fingerprint density at radius 3 is 2.52 bits per heavy atom. The summed E-state index contributed by atoms with van der Waals surface area (Å²) in [6.07, 6.45) is 4.66. The van der Waals surface area contributed by atoms with E-state index in [2.05, 4.69) is 5.10 Å². The number of hydrogen-bond acceptors (Lipinski definition) is 2. The number of aromatic nitrogens is 2. The lowest BCUT2D eigenvalue weighted by atomic mass is 10.1. The van der Waals surface area contributed by atoms with Crippen LogP contribution in [0.2, 0.25) is 0 Å². The van der Waals surface area contributed by atoms with Crippen molar-refractivity contribution in [3.63, 3.8) is 0 Å². The van der Waals surface area contributed by atoms with Crippen molar-refractivity contribution in [2.75, 3.05) is 13.1 Å². The van der Waals surface area contributed by atoms with Crippen LogP contribution in [0.3, 0.4) is 0 Å². The van der Waals surface area contributed by atoms with Gasteiger partial charge in [-0.05, 0) is 38.5 Å². The van der Waals surface area contributed by atoms with Crippen molar-refractivity contribution in [2.45, 2.75) is 20.3 Å². The summed E-state index contributed by atoms with van der Waals surface area (Å²) in [6.45, 7) is 5.76. The first-order valence-corrected chi connectivity index (χ1v) is 7.25. The molecule has 0 spiro atoms. The Bertz CT molecular complexity index is 682. The second-order valence-electron chi connectivity index (χ2n) is 5.34. The third kappa shape index (κ3) is 2.61. The summed E-state index contributed by atoms with van der Waals surface area (Å²) in [5.41, 5.74) is 4.04. The number of carbonyl (C=O) groups excluding carboxylic acids is 1. The van der Waals surface area contributed by atoms with Crippen molar-refractivity contribution in [2.24, 2.45) is 0 Å². The predicted molar refractivity (Wildman–Crippen MR) is 83.3 cm³/mol. The van der Waals surface area contributed by atoms with Gasteiger partial charge in [0.25, 0.3) is 0 Å². The van der Waals surface area contributed by atoms with Gasteiger partial charge in [-0.25, -0.2) is 4.68 Å². The van der Waals surface area contributed by atoms with Crippen LogP contribution in [0.5, 0.6) is 0 Å². The highest BCUT2D eigenvalue weighted by Crippen LogP contribution is 2.19. The number of nitrogens with zero attached hydrogens (tertiary/aromatic N) is 3. The molecule has 108 valence electrons. The number of benzene rings is 1. The zero-order chi connectivity index (χ0) is 14.8. The van der Waals surface area contributed by atoms with E-state index in [9.17, 15) is 4.79 Å². The Morgan fingerprint density at radius 1 is 1.19 bits per heavy atom. The van der Waals surface area contributed by atoms with Gasteiger partial charge in [0.1, 0.15) is 0 Å². The zero-order valence-corrected chi connectivity index (χ0v) is 12.4. The molecule has 0 saturated carbocycles. The molecule has 4 nitrogen and oxygen atoms in total. The van der Waals surface area contributed by atoms with Crippen molar-refractivity contribution in [1.29, 1.82) is 0 Å². The van der Waals surface area contributed by atoms with Gasteiger partial charge in [-0.1, -0.05) is 18.2 Å². The predicted octanol–water partition coefficient (Wildman–Crippen LogP) is 2.73. The van der Waals surface area contributed by atoms with Crippen LogP contribution < -0.4 is 0 Å². The lowest BCUT2D eigenvalue weighted by Crippen LogP contribution is -2.40. The van der Waals surface area contributed by atoms with Gasteiger partial charge in [-0.15, -0.1) is 0 Å². The summed E-state index contributed by atoms with van der Waals surface area (Å²) in [5.74, 6) is 0.0903. The van der Waals surface area contributed by atoms with Gasteiger partial charge in [0, 0.05) is 30.4 Å². The minimum absolute atomic E-state index is 0.0903. The third-order valence-corrected chi connectivity index (χ3v) is 3.91. The highest BCUT2D eigenvalue weighted by Gasteiger charge is 2.18. The number of carbonyl (C=O) groups is 1. The van der Waals surface area contributed by atoms with E-state index in [1.807, 2.05) is 59.8 Å². The maximum atomic E-state index is 11.9. The number of para-hydroxylation sites is 1. The molecule has 1 aliphatic heterocycles. The van der Waals surface area contributed by atoms with Gasteiger partial charge < -0.3 is 4.90 Å². The SMILES string of the molecule is Cc1nn(-c2ccccc2)c(C)c1/C=C/C(=O)N1CCC1. The first-order chi connectivity index (χ1) is 10.2. The smallest absolute Gasteiger partial charge is 0.246 e. The van der Waals surface area contributed by atoms with Crippen LogP contribution in [-0.2, 0) is 4.79 Å². The standard InChI is InChI=1S/C17H19N3O/c1-13-16(9-10-17(21)19-11-6-12-19)14(2)20(18-13)15-7-4-3-5-8-15/h3-5,7-10H,6,11-12H2,1-2H3/b10-9+. The fraction of sp³-hybridized carbons (Fsp3) is 0.294. The summed E-state index contributed by atoms with van der Waals surface area (Å²) < 4.78 is 1.92. The molecule has 1 amide bonds. The summed E-state index contributed by atoms with van der Waals surface area (Å²) in [6, 6.07) is 10.0. The van der Waals surface area contributed by atoms with E-state index in [0.29, 0.717) is 0 Å². The molecular formula is C17H19N3O. The number of hydrogen-bond donors (Lipinski definition) is 0. The third-order valence-electron chi connectivity index (χ3n) is 3.91. The van der Waals surface area contributed by atoms with Gasteiger partial charge in [0.2, 0.25) is 5.91 Å². The second-order valence-corrected chi connectivity index (χ2v) is 5.34. The summed E-state index contributed by atoms with van der Waals surface area (Å²) >= 11 is 0. The number of aryl methyl sites for hydroxylation is 1. The number of likely N-dealkylation sites (tertiary alicyclic amines) is 1. The molecule has 2 heterocycles. The van der Waals surface area contributed by atoms with E-state index in [1.165, 1.54) is 0 Å². The Morgan fingerprint density at radius 2 is 1.90 bits per heavy atom. The molecule has 0 aliphatic carbocycles. The molecule has 0 N–H and O–H groups in total. The fourth-order valence-electron chi connectivity index (χ4n) is 2.51. The van der Waals surface area contributed by atoms with Crippen molar-refractivity contribution >= 4 is 12.0 Å². The largest absolute Gasteiger partial charge is 0.339 e. The van der Waals surface area contributed by atoms with Gasteiger partial charge in [-0.3, -0.25) is 4.79 Å². The van der Waals surface area contributed by atoms with Gasteiger partial charge in [0.05, 0.1) is 11.4 Å². The monoisotopic (exact) mass is 281 g/mol. The molecule has 21 heavy (non-hydrogen) atoms. The van der Waals surface area contributed by atoms with E-state index < -0.39 is 0 Å². The second kappa shape index (κ2) is 5.56. The Balaban J connectivity index is 1.88. The van der Waals surface area contributed by atoms with Gasteiger partial charge in [-0.2, -0.15) is 5.10 Å². The van der Waals surface area contributed by atoms with Crippen molar-refractivity contribution < 1.29 is 4.79 Å². The molecule has 1 saturated heterocycles. The van der Waals surface area contributed by atoms with Crippen LogP contribution in [0.25, 0.3) is 11.8 Å². The molecule has 0 radical (unpaired) electrons. The van der Waals surface area contributed by atoms with Gasteiger partial charge in [0.15, 0.2) is 0 Å². The summed E-state index contributed by atoms with van der Waals surface area (Å²) in [7, 11) is 0. The van der Waals surface area contributed by atoms with Crippen LogP contribution in [0, 0.1) is 13.8 Å². The van der Waals surface area contributed by atoms with Crippen molar-refractivity contribution in [3.05, 3.63) is 53.4 Å². The minimum atomic E-state index is 0.0903. The van der Waals surface area contributed by atoms with Gasteiger partial charge >= 0.3 is 0 Å². The molecule has 1 aromatic heterocycles. The average molecular weight is 281 g/mol. The lowest BCUT2D eigenvalue weighted by Gasteiger charge is -2.29. The van der Waals surface area contributed by atoms with Crippen LogP contribution in [0.1, 0.15) is 23.4 Å². The summed E-state index contributed by atoms with van der Waals surface area (Å²) in [5, 5.41) is 4.58. The minimum Gasteiger partial charge on any atom is -0.339 e. The zero-order valence-electron chi connectivity index (χ0n) is 12.4. The average Bonchev–Trinajstić information content (AvgIpc) is 2.71. The quantitative estimate of drug-likeness (QED) is 0.811. The molecule has 0 bridgehead atoms. The topological polar surface area (TPSA) is 38.1 Å². The highest BCUT2D eigenvalue weighted by atomic mass is 16.2. The molecule has 2 aromatic rings. The van der Waals surface area contributed by atoms with Crippen LogP contribution in [-0.4, -0.2) is 33.7 Å². The van der Waals surface area contributed by atoms with E-state index in [-0.39, 0.29) is 5.91 Å². The molecule has 1 aromatic carbocycles. The Labute approximate surface area is 124 Å². The molecule has 3 rings (SSSR count). The van der Waals surface area contributed by atoms with E-state index in [4.69, 9.17) is 0 Å². The first-order valence-electron chi connectivity index (χ1n) is 7.25. The fourth-order valence-corrected chi connectivity index (χ4v) is 2.51. The first kappa shape index (κ1) is 13.6. The normalized spacial score (nSPS) is 14.5. The lowest BCUT2D eigenvalue weighted by molar-refractivity contribution is -0.129. The maximum absolute atomic E-state index is 11.9. The van der Waals surface area contributed by atoms with Crippen LogP contribution >= 0.6 is 0 Å². The summed E-state index contributed by atoms with van der Waals surface area (Å²) in [4.78, 5) is 13.8. The van der Waals surface area contributed by atoms with Crippen molar-refractivity contribution in [1.82, 2.24) is 14.7 Å². The molecular weight excluding hydrogens is 262 g/mol. The van der Waals surface area contributed by atoms with E-state index in [1.54, 1.807) is 6.08 Å². The van der Waals surface area contributed by atoms with Crippen LogP contribution in [0.15, 0.2) is 36.4 Å². The molecule has 0 unspecified atom stereocenters. The number of amides is 1. The number of rotatable bonds is 3. The Hall–Kier alpha value is -2.36. The van der Waals surface area contributed by atoms with Crippen molar-refractivity contribution in [3.8, 4) is 5.69 Å².